The lowest BCUT2D eigenvalue weighted by Crippen LogP contribution is -2.60. The van der Waals surface area contributed by atoms with Crippen LogP contribution in [0.1, 0.15) is 99.5 Å². The van der Waals surface area contributed by atoms with Crippen LogP contribution >= 0.6 is 0 Å². The molecule has 5 N–H and O–H groups in total. The van der Waals surface area contributed by atoms with Gasteiger partial charge < -0.3 is 45.4 Å². The van der Waals surface area contributed by atoms with Gasteiger partial charge in [-0.2, -0.15) is 0 Å². The molecule has 0 bridgehead atoms. The number of likely N-dealkylation sites (N-methyl/N-ethyl adjacent to an activating group) is 2. The van der Waals surface area contributed by atoms with Gasteiger partial charge in [-0.15, -0.1) is 0 Å². The molecule has 5 amide bonds. The molecule has 61 heavy (non-hydrogen) atoms. The number of carboxylic acids is 1. The summed E-state index contributed by atoms with van der Waals surface area (Å²) in [5, 5.41) is 28.1. The number of carbonyl (C=O) groups excluding carboxylic acids is 5. The lowest BCUT2D eigenvalue weighted by molar-refractivity contribution is -0.148. The van der Waals surface area contributed by atoms with Gasteiger partial charge in [-0.05, 0) is 63.1 Å². The minimum atomic E-state index is -1.21. The summed E-state index contributed by atoms with van der Waals surface area (Å²) < 4.78 is 11.9. The Kier molecular flexibility index (Phi) is 22.4. The number of carboxylic acid groups (broad SMARTS) is 1. The molecule has 10 atom stereocenters. The number of aliphatic carboxylic acids is 1. The van der Waals surface area contributed by atoms with Crippen molar-refractivity contribution in [3.8, 4) is 0 Å². The second-order valence-corrected chi connectivity index (χ2v) is 17.4. The van der Waals surface area contributed by atoms with Crippen molar-refractivity contribution >= 4 is 35.5 Å². The molecule has 1 aliphatic heterocycles. The van der Waals surface area contributed by atoms with Crippen molar-refractivity contribution in [2.24, 2.45) is 23.7 Å². The van der Waals surface area contributed by atoms with E-state index < -0.39 is 72.2 Å². The Morgan fingerprint density at radius 1 is 0.869 bits per heavy atom. The third-order valence-corrected chi connectivity index (χ3v) is 12.1. The molecule has 2 rings (SSSR count). The zero-order valence-corrected chi connectivity index (χ0v) is 38.7. The molecule has 1 heterocycles. The Morgan fingerprint density at radius 2 is 1.49 bits per heavy atom. The van der Waals surface area contributed by atoms with E-state index in [1.54, 1.807) is 30.8 Å². The molecule has 0 saturated carbocycles. The number of hydrogen-bond donors (Lipinski definition) is 5. The van der Waals surface area contributed by atoms with E-state index in [4.69, 9.17) is 14.6 Å². The first-order valence-corrected chi connectivity index (χ1v) is 21.9. The molecule has 0 aromatic heterocycles. The van der Waals surface area contributed by atoms with E-state index in [0.29, 0.717) is 38.8 Å². The van der Waals surface area contributed by atoms with Gasteiger partial charge in [-0.3, -0.25) is 33.7 Å². The number of nitrogens with one attached hydrogen (secondary N) is 3. The van der Waals surface area contributed by atoms with Crippen LogP contribution in [0.5, 0.6) is 0 Å². The fourth-order valence-corrected chi connectivity index (χ4v) is 8.49. The van der Waals surface area contributed by atoms with E-state index in [2.05, 4.69) is 16.0 Å². The highest BCUT2D eigenvalue weighted by atomic mass is 16.5. The summed E-state index contributed by atoms with van der Waals surface area (Å²) >= 11 is 0. The molecule has 0 aliphatic carbocycles. The summed E-state index contributed by atoms with van der Waals surface area (Å²) in [7, 11) is 6.45. The third kappa shape index (κ3) is 15.3. The number of aliphatic hydroxyl groups excluding tert-OH is 1. The number of likely N-dealkylation sites (tertiary alicyclic amines) is 1. The Bertz CT molecular complexity index is 1560. The maximum atomic E-state index is 14.4. The number of benzene rings is 1. The first-order chi connectivity index (χ1) is 28.7. The van der Waals surface area contributed by atoms with Crippen LogP contribution < -0.4 is 16.0 Å². The van der Waals surface area contributed by atoms with Crippen molar-refractivity contribution in [3.05, 3.63) is 35.9 Å². The predicted octanol–water partition coefficient (Wildman–Crippen LogP) is 3.05. The van der Waals surface area contributed by atoms with Crippen molar-refractivity contribution in [3.63, 3.8) is 0 Å². The Balaban J connectivity index is 2.25. The van der Waals surface area contributed by atoms with Crippen LogP contribution in [-0.4, -0.2) is 150 Å². The van der Waals surface area contributed by atoms with Gasteiger partial charge in [-0.1, -0.05) is 85.2 Å². The van der Waals surface area contributed by atoms with Crippen LogP contribution in [0.2, 0.25) is 0 Å². The highest BCUT2D eigenvalue weighted by Crippen LogP contribution is 2.30. The van der Waals surface area contributed by atoms with Crippen molar-refractivity contribution in [1.82, 2.24) is 30.7 Å². The van der Waals surface area contributed by atoms with E-state index in [1.807, 2.05) is 76.8 Å². The van der Waals surface area contributed by atoms with Crippen LogP contribution in [0.3, 0.4) is 0 Å². The molecular formula is C45H76N6O10. The smallest absolute Gasteiger partial charge is 0.303 e. The van der Waals surface area contributed by atoms with Crippen LogP contribution in [-0.2, 0) is 44.8 Å². The summed E-state index contributed by atoms with van der Waals surface area (Å²) in [4.78, 5) is 85.6. The molecule has 1 saturated heterocycles. The topological polar surface area (TPSA) is 207 Å². The second-order valence-electron chi connectivity index (χ2n) is 17.4. The summed E-state index contributed by atoms with van der Waals surface area (Å²) in [6.07, 6.45) is -0.394. The molecule has 0 radical (unpaired) electrons. The van der Waals surface area contributed by atoms with Crippen LogP contribution in [0.4, 0.5) is 0 Å². The normalized spacial score (nSPS) is 18.7. The van der Waals surface area contributed by atoms with E-state index in [0.717, 1.165) is 5.56 Å². The molecule has 1 aromatic rings. The maximum Gasteiger partial charge on any atom is 0.303 e. The van der Waals surface area contributed by atoms with Crippen molar-refractivity contribution in [1.29, 1.82) is 0 Å². The van der Waals surface area contributed by atoms with Gasteiger partial charge in [0.2, 0.25) is 29.5 Å². The van der Waals surface area contributed by atoms with E-state index in [1.165, 1.54) is 21.1 Å². The molecule has 1 aliphatic rings. The number of amides is 5. The minimum Gasteiger partial charge on any atom is -0.481 e. The lowest BCUT2D eigenvalue weighted by Gasteiger charge is -2.41. The van der Waals surface area contributed by atoms with Gasteiger partial charge in [0, 0.05) is 40.8 Å². The van der Waals surface area contributed by atoms with Gasteiger partial charge in [0.25, 0.3) is 0 Å². The number of methoxy groups -OCH3 is 2. The molecule has 16 nitrogen and oxygen atoms in total. The van der Waals surface area contributed by atoms with Gasteiger partial charge in [0.05, 0.1) is 48.8 Å². The SMILES string of the molecule is CC[C@H](C)[C@@H]([C@@H](CC(=O)N1CCC[C@H]1[C@H](OC)[C@@H](C)C(=O)N[C@H](C(=O)NCc1ccccc1)[C@@H](C)O)OC)N(C)C(=O)[C@@H](NC(=O)[C@H](C(C)C)N(C)CCCC(=O)O)C(C)C. The first-order valence-electron chi connectivity index (χ1n) is 21.9. The number of carbonyl (C=O) groups is 6. The summed E-state index contributed by atoms with van der Waals surface area (Å²) in [5.41, 5.74) is 0.866. The van der Waals surface area contributed by atoms with E-state index in [-0.39, 0.29) is 54.9 Å². The molecule has 346 valence electrons. The second kappa shape index (κ2) is 25.7. The first kappa shape index (κ1) is 53.0. The molecule has 0 unspecified atom stereocenters. The average Bonchev–Trinajstić information content (AvgIpc) is 3.70. The molecule has 1 fully saturated rings. The number of aliphatic hydroxyl groups is 1. The molecule has 0 spiro atoms. The number of nitrogens with zero attached hydrogens (tertiary/aromatic N) is 3. The quantitative estimate of drug-likeness (QED) is 0.0916. The summed E-state index contributed by atoms with van der Waals surface area (Å²) in [6.45, 7) is 15.7. The highest BCUT2D eigenvalue weighted by Gasteiger charge is 2.44. The van der Waals surface area contributed by atoms with Gasteiger partial charge >= 0.3 is 5.97 Å². The highest BCUT2D eigenvalue weighted by molar-refractivity contribution is 5.91. The minimum absolute atomic E-state index is 0.0147. The van der Waals surface area contributed by atoms with Crippen LogP contribution in [0.15, 0.2) is 30.3 Å². The fraction of sp³-hybridized carbons (Fsp3) is 0.733. The number of ether oxygens (including phenoxy) is 2. The average molecular weight is 861 g/mol. The zero-order chi connectivity index (χ0) is 46.1. The lowest BCUT2D eigenvalue weighted by atomic mass is 9.89. The third-order valence-electron chi connectivity index (χ3n) is 12.1. The maximum absolute atomic E-state index is 14.4. The molecular weight excluding hydrogens is 785 g/mol. The molecule has 16 heteroatoms. The Morgan fingerprint density at radius 3 is 2.02 bits per heavy atom. The van der Waals surface area contributed by atoms with Crippen molar-refractivity contribution < 1.29 is 48.5 Å². The monoisotopic (exact) mass is 861 g/mol. The standard InChI is InChI=1S/C45H76N6O10/c1-13-29(6)40(50(10)45(59)37(27(2)3)47-44(58)39(28(4)5)49(9)23-18-22-36(54)55)34(60-11)25-35(53)51-24-17-21-33(51)41(61-12)30(7)42(56)48-38(31(8)52)43(57)46-26-32-19-15-14-16-20-32/h14-16,19-20,27-31,33-34,37-41,52H,13,17-18,21-26H2,1-12H3,(H,46,57)(H,47,58)(H,48,56)(H,54,55)/t29-,30+,31+,33-,34+,37-,38-,39-,40-,41+/m0/s1. The summed E-state index contributed by atoms with van der Waals surface area (Å²) in [6, 6.07) is 5.59. The van der Waals surface area contributed by atoms with Crippen LogP contribution in [0.25, 0.3) is 0 Å². The fourth-order valence-electron chi connectivity index (χ4n) is 8.49. The predicted molar refractivity (Wildman–Crippen MR) is 233 cm³/mol. The molecule has 1 aromatic carbocycles. The number of rotatable bonds is 26. The Hall–Kier alpha value is -4.12. The number of hydrogen-bond acceptors (Lipinski definition) is 10. The summed E-state index contributed by atoms with van der Waals surface area (Å²) in [5.74, 6) is -4.10. The Labute approximate surface area is 363 Å². The van der Waals surface area contributed by atoms with E-state index >= 15 is 0 Å². The van der Waals surface area contributed by atoms with E-state index in [9.17, 15) is 33.9 Å². The van der Waals surface area contributed by atoms with Crippen molar-refractivity contribution in [2.45, 2.75) is 149 Å². The van der Waals surface area contributed by atoms with Crippen molar-refractivity contribution in [2.75, 3.05) is 41.4 Å². The van der Waals surface area contributed by atoms with Crippen LogP contribution in [0, 0.1) is 23.7 Å². The van der Waals surface area contributed by atoms with Gasteiger partial charge in [0.15, 0.2) is 0 Å². The van der Waals surface area contributed by atoms with Gasteiger partial charge in [-0.25, -0.2) is 0 Å². The zero-order valence-electron chi connectivity index (χ0n) is 38.7. The largest absolute Gasteiger partial charge is 0.481 e. The van der Waals surface area contributed by atoms with Gasteiger partial charge in [0.1, 0.15) is 12.1 Å².